The highest BCUT2D eigenvalue weighted by Crippen LogP contribution is 2.42. The Hall–Kier alpha value is -1.47. The van der Waals surface area contributed by atoms with Gasteiger partial charge in [-0.25, -0.2) is 4.79 Å². The van der Waals surface area contributed by atoms with Crippen LogP contribution in [-0.4, -0.2) is 22.4 Å². The molecular formula is C13H10ClF3O3S. The molecule has 1 atom stereocenters. The van der Waals surface area contributed by atoms with Crippen LogP contribution in [0.25, 0.3) is 6.08 Å². The smallest absolute Gasteiger partial charge is 0.446 e. The van der Waals surface area contributed by atoms with Gasteiger partial charge in [0.1, 0.15) is 5.38 Å². The van der Waals surface area contributed by atoms with Gasteiger partial charge in [-0.05, 0) is 42.0 Å². The van der Waals surface area contributed by atoms with Crippen molar-refractivity contribution in [3.63, 3.8) is 0 Å². The zero-order chi connectivity index (χ0) is 16.2. The number of carbonyl (C=O) groups excluding carboxylic acids is 1. The van der Waals surface area contributed by atoms with Gasteiger partial charge >= 0.3 is 11.5 Å². The fraction of sp³-hybridized carbons (Fsp3) is 0.231. The topological polar surface area (TPSA) is 54.4 Å². The van der Waals surface area contributed by atoms with E-state index in [0.717, 1.165) is 19.1 Å². The Morgan fingerprint density at radius 3 is 2.48 bits per heavy atom. The first-order valence-corrected chi connectivity index (χ1v) is 6.81. The minimum Gasteiger partial charge on any atom is -0.478 e. The molecule has 0 heterocycles. The lowest BCUT2D eigenvalue weighted by Crippen LogP contribution is -2.08. The predicted molar refractivity (Wildman–Crippen MR) is 74.3 cm³/mol. The zero-order valence-corrected chi connectivity index (χ0v) is 12.2. The van der Waals surface area contributed by atoms with Crippen LogP contribution in [0.5, 0.6) is 0 Å². The SMILES string of the molecule is CC(=O)C(Cl)c1c(C=CC(=O)O)cccc1SC(F)(F)F. The third-order valence-electron chi connectivity index (χ3n) is 2.34. The summed E-state index contributed by atoms with van der Waals surface area (Å²) in [4.78, 5) is 21.7. The molecule has 0 aliphatic rings. The van der Waals surface area contributed by atoms with Crippen LogP contribution in [0.15, 0.2) is 29.2 Å². The van der Waals surface area contributed by atoms with E-state index < -0.39 is 34.4 Å². The molecule has 1 aromatic rings. The zero-order valence-electron chi connectivity index (χ0n) is 10.6. The molecule has 0 spiro atoms. The van der Waals surface area contributed by atoms with Crippen molar-refractivity contribution in [3.8, 4) is 0 Å². The van der Waals surface area contributed by atoms with Crippen LogP contribution in [0.2, 0.25) is 0 Å². The van der Waals surface area contributed by atoms with Crippen molar-refractivity contribution < 1.29 is 27.9 Å². The summed E-state index contributed by atoms with van der Waals surface area (Å²) in [7, 11) is 0. The lowest BCUT2D eigenvalue weighted by Gasteiger charge is -2.16. The van der Waals surface area contributed by atoms with Crippen LogP contribution < -0.4 is 0 Å². The number of benzene rings is 1. The highest BCUT2D eigenvalue weighted by Gasteiger charge is 2.32. The molecule has 0 saturated heterocycles. The highest BCUT2D eigenvalue weighted by molar-refractivity contribution is 8.00. The third kappa shape index (κ3) is 5.43. The summed E-state index contributed by atoms with van der Waals surface area (Å²) in [5, 5.41) is 7.31. The number of hydrogen-bond donors (Lipinski definition) is 1. The van der Waals surface area contributed by atoms with E-state index >= 15 is 0 Å². The Morgan fingerprint density at radius 2 is 2.00 bits per heavy atom. The molecule has 1 unspecified atom stereocenters. The van der Waals surface area contributed by atoms with Crippen molar-refractivity contribution >= 4 is 41.2 Å². The lowest BCUT2D eigenvalue weighted by molar-refractivity contribution is -0.131. The molecule has 0 amide bonds. The minimum absolute atomic E-state index is 0.0495. The van der Waals surface area contributed by atoms with E-state index in [-0.39, 0.29) is 16.0 Å². The van der Waals surface area contributed by atoms with Gasteiger partial charge in [0.15, 0.2) is 5.78 Å². The summed E-state index contributed by atoms with van der Waals surface area (Å²) < 4.78 is 37.7. The number of halogens is 4. The van der Waals surface area contributed by atoms with Crippen molar-refractivity contribution in [2.75, 3.05) is 0 Å². The largest absolute Gasteiger partial charge is 0.478 e. The summed E-state index contributed by atoms with van der Waals surface area (Å²) in [5.41, 5.74) is -4.44. The van der Waals surface area contributed by atoms with Gasteiger partial charge in [-0.1, -0.05) is 12.1 Å². The number of Topliss-reactive ketones (excluding diaryl/α,β-unsaturated/α-hetero) is 1. The molecular weight excluding hydrogens is 329 g/mol. The maximum Gasteiger partial charge on any atom is 0.446 e. The maximum absolute atomic E-state index is 12.6. The van der Waals surface area contributed by atoms with Crippen LogP contribution in [0.3, 0.4) is 0 Å². The van der Waals surface area contributed by atoms with E-state index in [4.69, 9.17) is 16.7 Å². The number of alkyl halides is 4. The Kier molecular flexibility index (Phi) is 5.86. The first kappa shape index (κ1) is 17.6. The molecule has 0 aliphatic carbocycles. The van der Waals surface area contributed by atoms with Crippen molar-refractivity contribution in [1.82, 2.24) is 0 Å². The molecule has 1 rings (SSSR count). The van der Waals surface area contributed by atoms with E-state index in [1.165, 1.54) is 18.2 Å². The molecule has 0 bridgehead atoms. The lowest BCUT2D eigenvalue weighted by atomic mass is 10.0. The van der Waals surface area contributed by atoms with E-state index in [2.05, 4.69) is 0 Å². The minimum atomic E-state index is -4.54. The summed E-state index contributed by atoms with van der Waals surface area (Å²) in [6.45, 7) is 1.15. The van der Waals surface area contributed by atoms with Crippen LogP contribution in [0.1, 0.15) is 23.4 Å². The second kappa shape index (κ2) is 7.00. The number of ketones is 1. The third-order valence-corrected chi connectivity index (χ3v) is 3.67. The molecule has 0 fully saturated rings. The van der Waals surface area contributed by atoms with E-state index in [9.17, 15) is 22.8 Å². The van der Waals surface area contributed by atoms with Gasteiger partial charge in [0, 0.05) is 11.0 Å². The van der Waals surface area contributed by atoms with Gasteiger partial charge in [0.25, 0.3) is 0 Å². The van der Waals surface area contributed by atoms with Gasteiger partial charge in [0.05, 0.1) is 0 Å². The number of thioether (sulfide) groups is 1. The van der Waals surface area contributed by atoms with Crippen LogP contribution in [0.4, 0.5) is 13.2 Å². The molecule has 21 heavy (non-hydrogen) atoms. The molecule has 1 N–H and O–H groups in total. The number of carbonyl (C=O) groups is 2. The molecule has 0 aromatic heterocycles. The average molecular weight is 339 g/mol. The Labute approximate surface area is 127 Å². The summed E-state index contributed by atoms with van der Waals surface area (Å²) in [6, 6.07) is 3.92. The summed E-state index contributed by atoms with van der Waals surface area (Å²) >= 11 is 5.49. The van der Waals surface area contributed by atoms with Crippen molar-refractivity contribution in [1.29, 1.82) is 0 Å². The van der Waals surface area contributed by atoms with E-state index in [0.29, 0.717) is 0 Å². The Bertz CT molecular complexity index is 585. The first-order valence-electron chi connectivity index (χ1n) is 5.56. The van der Waals surface area contributed by atoms with Gasteiger partial charge < -0.3 is 5.11 Å². The Morgan fingerprint density at radius 1 is 1.38 bits per heavy atom. The second-order valence-corrected chi connectivity index (χ2v) is 5.49. The van der Waals surface area contributed by atoms with Crippen molar-refractivity contribution in [2.45, 2.75) is 22.7 Å². The van der Waals surface area contributed by atoms with Crippen LogP contribution in [0, 0.1) is 0 Å². The van der Waals surface area contributed by atoms with E-state index in [1.54, 1.807) is 0 Å². The molecule has 0 radical (unpaired) electrons. The summed E-state index contributed by atoms with van der Waals surface area (Å²) in [6.07, 6.45) is 1.88. The molecule has 8 heteroatoms. The van der Waals surface area contributed by atoms with Gasteiger partial charge in [-0.15, -0.1) is 11.6 Å². The normalized spacial score (nSPS) is 13.4. The number of hydrogen-bond acceptors (Lipinski definition) is 3. The molecule has 1 aromatic carbocycles. The van der Waals surface area contributed by atoms with Crippen molar-refractivity contribution in [3.05, 3.63) is 35.4 Å². The summed E-state index contributed by atoms with van der Waals surface area (Å²) in [5.74, 6) is -1.79. The first-order chi connectivity index (χ1) is 9.61. The van der Waals surface area contributed by atoms with Crippen LogP contribution in [-0.2, 0) is 9.59 Å². The molecule has 0 aliphatic heterocycles. The second-order valence-electron chi connectivity index (χ2n) is 3.95. The number of rotatable bonds is 5. The van der Waals surface area contributed by atoms with Crippen LogP contribution >= 0.6 is 23.4 Å². The Balaban J connectivity index is 3.40. The molecule has 114 valence electrons. The van der Waals surface area contributed by atoms with Gasteiger partial charge in [0.2, 0.25) is 0 Å². The molecule has 3 nitrogen and oxygen atoms in total. The fourth-order valence-electron chi connectivity index (χ4n) is 1.56. The number of carboxylic acids is 1. The number of aliphatic carboxylic acids is 1. The maximum atomic E-state index is 12.6. The quantitative estimate of drug-likeness (QED) is 0.495. The standard InChI is InChI=1S/C13H10ClF3O3S/c1-7(18)12(14)11-8(5-6-10(19)20)3-2-4-9(11)21-13(15,16)17/h2-6,12H,1H3,(H,19,20). The van der Waals surface area contributed by atoms with Gasteiger partial charge in [-0.3, -0.25) is 4.79 Å². The molecule has 0 saturated carbocycles. The van der Waals surface area contributed by atoms with E-state index in [1.807, 2.05) is 0 Å². The fourth-order valence-corrected chi connectivity index (χ4v) is 2.61. The van der Waals surface area contributed by atoms with Crippen molar-refractivity contribution in [2.24, 2.45) is 0 Å². The monoisotopic (exact) mass is 338 g/mol. The predicted octanol–water partition coefficient (Wildman–Crippen LogP) is 4.27. The van der Waals surface area contributed by atoms with Gasteiger partial charge in [-0.2, -0.15) is 13.2 Å². The highest BCUT2D eigenvalue weighted by atomic mass is 35.5. The number of carboxylic acid groups (broad SMARTS) is 1. The average Bonchev–Trinajstić information content (AvgIpc) is 2.33.